The van der Waals surface area contributed by atoms with Gasteiger partial charge < -0.3 is 0 Å². The number of aromatic amines is 1. The topological polar surface area (TPSA) is 79.6 Å². The van der Waals surface area contributed by atoms with E-state index in [2.05, 4.69) is 20.8 Å². The highest BCUT2D eigenvalue weighted by Crippen LogP contribution is 2.22. The van der Waals surface area contributed by atoms with Crippen molar-refractivity contribution in [2.75, 3.05) is 0 Å². The molecule has 0 fully saturated rings. The van der Waals surface area contributed by atoms with Crippen molar-refractivity contribution in [3.05, 3.63) is 46.5 Å². The first-order chi connectivity index (χ1) is 8.22. The van der Waals surface area contributed by atoms with E-state index in [1.807, 2.05) is 0 Å². The minimum atomic E-state index is -0.432. The summed E-state index contributed by atoms with van der Waals surface area (Å²) in [6, 6.07) is 4.53. The average Bonchev–Trinajstić information content (AvgIpc) is 2.85. The van der Waals surface area contributed by atoms with Crippen molar-refractivity contribution in [2.45, 2.75) is 12.5 Å². The molecule has 1 heterocycles. The smallest absolute Gasteiger partial charge is 0.145 e. The van der Waals surface area contributed by atoms with Gasteiger partial charge in [-0.1, -0.05) is 23.7 Å². The fraction of sp³-hybridized carbons (Fsp3) is 0.200. The summed E-state index contributed by atoms with van der Waals surface area (Å²) in [5, 5.41) is 10.2. The van der Waals surface area contributed by atoms with Crippen molar-refractivity contribution in [3.8, 4) is 0 Å². The van der Waals surface area contributed by atoms with Crippen LogP contribution < -0.4 is 11.3 Å². The summed E-state index contributed by atoms with van der Waals surface area (Å²) < 4.78 is 13.7. The number of H-pyrrole nitrogens is 1. The minimum Gasteiger partial charge on any atom is -0.271 e. The first-order valence-corrected chi connectivity index (χ1v) is 5.35. The van der Waals surface area contributed by atoms with Gasteiger partial charge in [-0.2, -0.15) is 15.4 Å². The van der Waals surface area contributed by atoms with Crippen molar-refractivity contribution in [1.82, 2.24) is 20.8 Å². The number of benzene rings is 1. The van der Waals surface area contributed by atoms with Gasteiger partial charge in [0.15, 0.2) is 0 Å². The lowest BCUT2D eigenvalue weighted by atomic mass is 10.0. The number of halogens is 2. The monoisotopic (exact) mass is 255 g/mol. The standard InChI is InChI=1S/C10H11ClFN5/c11-7-3-1-2-6(10(7)12)4-8(15-13)9-5-14-17-16-9/h1-3,5,8,15H,4,13H2,(H,14,16,17). The summed E-state index contributed by atoms with van der Waals surface area (Å²) in [5.41, 5.74) is 3.66. The molecule has 7 heteroatoms. The molecule has 1 atom stereocenters. The number of nitrogens with zero attached hydrogens (tertiary/aromatic N) is 2. The molecule has 5 nitrogen and oxygen atoms in total. The molecule has 0 radical (unpaired) electrons. The van der Waals surface area contributed by atoms with Crippen molar-refractivity contribution >= 4 is 11.6 Å². The van der Waals surface area contributed by atoms with Crippen molar-refractivity contribution < 1.29 is 4.39 Å². The fourth-order valence-electron chi connectivity index (χ4n) is 1.55. The summed E-state index contributed by atoms with van der Waals surface area (Å²) in [7, 11) is 0. The van der Waals surface area contributed by atoms with Crippen LogP contribution >= 0.6 is 11.6 Å². The third-order valence-corrected chi connectivity index (χ3v) is 2.74. The molecule has 17 heavy (non-hydrogen) atoms. The second kappa shape index (κ2) is 5.22. The second-order valence-electron chi connectivity index (χ2n) is 3.53. The lowest BCUT2D eigenvalue weighted by Gasteiger charge is -2.13. The molecule has 0 spiro atoms. The molecule has 0 saturated heterocycles. The van der Waals surface area contributed by atoms with Crippen LogP contribution in [0, 0.1) is 5.82 Å². The van der Waals surface area contributed by atoms with Gasteiger partial charge >= 0.3 is 0 Å². The van der Waals surface area contributed by atoms with E-state index in [9.17, 15) is 4.39 Å². The van der Waals surface area contributed by atoms with Gasteiger partial charge in [0.05, 0.1) is 17.3 Å². The highest BCUT2D eigenvalue weighted by atomic mass is 35.5. The maximum atomic E-state index is 13.7. The molecule has 0 aliphatic rings. The van der Waals surface area contributed by atoms with Crippen LogP contribution in [0.4, 0.5) is 4.39 Å². The van der Waals surface area contributed by atoms with Crippen LogP contribution in [0.5, 0.6) is 0 Å². The first kappa shape index (κ1) is 12.0. The maximum Gasteiger partial charge on any atom is 0.145 e. The van der Waals surface area contributed by atoms with E-state index in [-0.39, 0.29) is 11.1 Å². The molecule has 1 aromatic heterocycles. The predicted molar refractivity (Wildman–Crippen MR) is 61.6 cm³/mol. The summed E-state index contributed by atoms with van der Waals surface area (Å²) in [6.45, 7) is 0. The van der Waals surface area contributed by atoms with E-state index in [4.69, 9.17) is 17.4 Å². The van der Waals surface area contributed by atoms with Crippen molar-refractivity contribution in [1.29, 1.82) is 0 Å². The summed E-state index contributed by atoms with van der Waals surface area (Å²) >= 11 is 5.70. The predicted octanol–water partition coefficient (Wildman–Crippen LogP) is 1.34. The van der Waals surface area contributed by atoms with Crippen LogP contribution in [0.2, 0.25) is 5.02 Å². The normalized spacial score (nSPS) is 12.6. The van der Waals surface area contributed by atoms with Crippen LogP contribution in [0.1, 0.15) is 17.3 Å². The van der Waals surface area contributed by atoms with Crippen molar-refractivity contribution in [3.63, 3.8) is 0 Å². The third-order valence-electron chi connectivity index (χ3n) is 2.45. The maximum absolute atomic E-state index is 13.7. The van der Waals surface area contributed by atoms with Crippen LogP contribution in [0.25, 0.3) is 0 Å². The van der Waals surface area contributed by atoms with E-state index in [1.54, 1.807) is 12.1 Å². The average molecular weight is 256 g/mol. The second-order valence-corrected chi connectivity index (χ2v) is 3.94. The van der Waals surface area contributed by atoms with Gasteiger partial charge in [-0.25, -0.2) is 4.39 Å². The Morgan fingerprint density at radius 2 is 2.35 bits per heavy atom. The van der Waals surface area contributed by atoms with Crippen molar-refractivity contribution in [2.24, 2.45) is 5.84 Å². The Kier molecular flexibility index (Phi) is 3.68. The molecule has 0 bridgehead atoms. The molecule has 0 aliphatic heterocycles. The molecule has 0 amide bonds. The van der Waals surface area contributed by atoms with Gasteiger partial charge in [0, 0.05) is 0 Å². The number of nitrogens with two attached hydrogens (primary N) is 1. The Balaban J connectivity index is 2.22. The van der Waals surface area contributed by atoms with Gasteiger partial charge in [0.2, 0.25) is 0 Å². The highest BCUT2D eigenvalue weighted by molar-refractivity contribution is 6.30. The van der Waals surface area contributed by atoms with E-state index in [0.717, 1.165) is 0 Å². The lowest BCUT2D eigenvalue weighted by Crippen LogP contribution is -2.30. The number of hydrogen-bond donors (Lipinski definition) is 3. The molecule has 1 aromatic carbocycles. The summed E-state index contributed by atoms with van der Waals surface area (Å²) in [4.78, 5) is 0. The largest absolute Gasteiger partial charge is 0.271 e. The van der Waals surface area contributed by atoms with Crippen LogP contribution in [0.15, 0.2) is 24.4 Å². The van der Waals surface area contributed by atoms with E-state index in [1.165, 1.54) is 12.3 Å². The Morgan fingerprint density at radius 3 is 3.00 bits per heavy atom. The molecule has 90 valence electrons. The molecule has 2 rings (SSSR count). The zero-order valence-corrected chi connectivity index (χ0v) is 9.58. The zero-order chi connectivity index (χ0) is 12.3. The van der Waals surface area contributed by atoms with E-state index in [0.29, 0.717) is 17.7 Å². The number of nitrogens with one attached hydrogen (secondary N) is 2. The van der Waals surface area contributed by atoms with E-state index >= 15 is 0 Å². The van der Waals surface area contributed by atoms with E-state index < -0.39 is 5.82 Å². The van der Waals surface area contributed by atoms with Gasteiger partial charge in [0.25, 0.3) is 0 Å². The highest BCUT2D eigenvalue weighted by Gasteiger charge is 2.16. The first-order valence-electron chi connectivity index (χ1n) is 4.97. The van der Waals surface area contributed by atoms with Gasteiger partial charge in [-0.05, 0) is 18.1 Å². The van der Waals surface area contributed by atoms with Crippen LogP contribution in [-0.2, 0) is 6.42 Å². The zero-order valence-electron chi connectivity index (χ0n) is 8.82. The molecular formula is C10H11ClFN5. The SMILES string of the molecule is NNC(Cc1cccc(Cl)c1F)c1cn[nH]n1. The molecule has 0 aliphatic carbocycles. The number of hydrazine groups is 1. The quantitative estimate of drug-likeness (QED) is 0.569. The van der Waals surface area contributed by atoms with Gasteiger partial charge in [-0.3, -0.25) is 11.3 Å². The third kappa shape index (κ3) is 2.60. The Hall–Kier alpha value is -1.50. The lowest BCUT2D eigenvalue weighted by molar-refractivity contribution is 0.518. The van der Waals surface area contributed by atoms with Gasteiger partial charge in [-0.15, -0.1) is 0 Å². The molecule has 0 saturated carbocycles. The van der Waals surface area contributed by atoms with Crippen LogP contribution in [0.3, 0.4) is 0 Å². The molecule has 2 aromatic rings. The Bertz CT molecular complexity index is 487. The van der Waals surface area contributed by atoms with Gasteiger partial charge in [0.1, 0.15) is 11.5 Å². The number of rotatable bonds is 4. The summed E-state index contributed by atoms with van der Waals surface area (Å²) in [5.74, 6) is 4.98. The fourth-order valence-corrected chi connectivity index (χ4v) is 1.75. The number of aromatic nitrogens is 3. The minimum absolute atomic E-state index is 0.0958. The van der Waals surface area contributed by atoms with Crippen LogP contribution in [-0.4, -0.2) is 15.4 Å². The molecule has 1 unspecified atom stereocenters. The Morgan fingerprint density at radius 1 is 1.53 bits per heavy atom. The molecular weight excluding hydrogens is 245 g/mol. The molecule has 4 N–H and O–H groups in total. The number of hydrogen-bond acceptors (Lipinski definition) is 4. The Labute approximate surface area is 102 Å². The summed E-state index contributed by atoms with van der Waals surface area (Å²) in [6.07, 6.45) is 1.88.